The van der Waals surface area contributed by atoms with Crippen LogP contribution in [0.25, 0.3) is 11.3 Å². The van der Waals surface area contributed by atoms with E-state index in [0.717, 1.165) is 11.3 Å². The second-order valence-electron chi connectivity index (χ2n) is 4.86. The average molecular weight is 281 g/mol. The van der Waals surface area contributed by atoms with Gasteiger partial charge in [0, 0.05) is 17.3 Å². The lowest BCUT2D eigenvalue weighted by molar-refractivity contribution is 0.508. The summed E-state index contributed by atoms with van der Waals surface area (Å²) in [6.45, 7) is 1.90. The Morgan fingerprint density at radius 1 is 1.53 bits per heavy atom. The summed E-state index contributed by atoms with van der Waals surface area (Å²) in [7, 11) is -2.95. The molecule has 2 aromatic rings. The minimum absolute atomic E-state index is 0.114. The Morgan fingerprint density at radius 2 is 2.32 bits per heavy atom. The van der Waals surface area contributed by atoms with E-state index >= 15 is 0 Å². The molecular weight excluding hydrogens is 266 g/mol. The number of anilines is 1. The van der Waals surface area contributed by atoms with Gasteiger partial charge in [-0.1, -0.05) is 0 Å². The smallest absolute Gasteiger partial charge is 0.152 e. The lowest BCUT2D eigenvalue weighted by Gasteiger charge is -2.09. The highest BCUT2D eigenvalue weighted by atomic mass is 32.2. The Balaban J connectivity index is 1.97. The highest BCUT2D eigenvalue weighted by Gasteiger charge is 2.31. The molecule has 3 N–H and O–H groups in total. The molecular formula is C11H15N5O2S. The molecule has 0 amide bonds. The number of hydrogen-bond acceptors (Lipinski definition) is 5. The molecule has 0 bridgehead atoms. The molecule has 0 aromatic carbocycles. The number of rotatable bonds is 2. The number of nitrogen functional groups attached to an aromatic ring is 1. The van der Waals surface area contributed by atoms with E-state index < -0.39 is 9.84 Å². The lowest BCUT2D eigenvalue weighted by Crippen LogP contribution is -2.14. The monoisotopic (exact) mass is 281 g/mol. The van der Waals surface area contributed by atoms with Crippen LogP contribution in [-0.4, -0.2) is 39.9 Å². The minimum Gasteiger partial charge on any atom is -0.384 e. The fourth-order valence-electron chi connectivity index (χ4n) is 2.41. The van der Waals surface area contributed by atoms with E-state index in [0.29, 0.717) is 17.9 Å². The van der Waals surface area contributed by atoms with E-state index in [1.54, 1.807) is 16.9 Å². The fourth-order valence-corrected chi connectivity index (χ4v) is 4.10. The van der Waals surface area contributed by atoms with Gasteiger partial charge in [-0.2, -0.15) is 10.2 Å². The summed E-state index contributed by atoms with van der Waals surface area (Å²) in [4.78, 5) is 0. The van der Waals surface area contributed by atoms with Gasteiger partial charge in [0.15, 0.2) is 9.84 Å². The standard InChI is InChI=1S/C11H15N5O2S/c1-7-9(5-13-14-7)10-4-11(12)16(15-10)8-2-3-19(17,18)6-8/h4-5,8H,2-3,6,12H2,1H3,(H,13,14). The third-order valence-corrected chi connectivity index (χ3v) is 5.18. The van der Waals surface area contributed by atoms with Gasteiger partial charge in [-0.15, -0.1) is 0 Å². The van der Waals surface area contributed by atoms with Crippen LogP contribution in [0.3, 0.4) is 0 Å². The van der Waals surface area contributed by atoms with Crippen LogP contribution in [0.5, 0.6) is 0 Å². The summed E-state index contributed by atoms with van der Waals surface area (Å²) >= 11 is 0. The molecule has 3 rings (SSSR count). The molecule has 3 heterocycles. The van der Waals surface area contributed by atoms with Gasteiger partial charge in [-0.25, -0.2) is 13.1 Å². The Labute approximate surface area is 110 Å². The number of nitrogens with zero attached hydrogens (tertiary/aromatic N) is 3. The Bertz CT molecular complexity index is 715. The summed E-state index contributed by atoms with van der Waals surface area (Å²) in [6.07, 6.45) is 2.25. The first kappa shape index (κ1) is 12.2. The number of aromatic nitrogens is 4. The molecule has 102 valence electrons. The molecule has 1 saturated heterocycles. The molecule has 0 spiro atoms. The highest BCUT2D eigenvalue weighted by Crippen LogP contribution is 2.29. The number of hydrogen-bond donors (Lipinski definition) is 2. The van der Waals surface area contributed by atoms with E-state index in [1.807, 2.05) is 6.92 Å². The van der Waals surface area contributed by atoms with Crippen molar-refractivity contribution < 1.29 is 8.42 Å². The predicted octanol–water partition coefficient (Wildman–Crippen LogP) is 0.523. The number of H-pyrrole nitrogens is 1. The van der Waals surface area contributed by atoms with Crippen LogP contribution in [-0.2, 0) is 9.84 Å². The van der Waals surface area contributed by atoms with E-state index in [4.69, 9.17) is 5.73 Å². The SMILES string of the molecule is Cc1[nH]ncc1-c1cc(N)n(C2CCS(=O)(=O)C2)n1. The normalized spacial score (nSPS) is 21.8. The van der Waals surface area contributed by atoms with Crippen LogP contribution in [0.1, 0.15) is 18.2 Å². The van der Waals surface area contributed by atoms with Crippen molar-refractivity contribution >= 4 is 15.7 Å². The van der Waals surface area contributed by atoms with Crippen molar-refractivity contribution in [3.05, 3.63) is 18.0 Å². The minimum atomic E-state index is -2.95. The van der Waals surface area contributed by atoms with Crippen molar-refractivity contribution in [2.45, 2.75) is 19.4 Å². The number of aromatic amines is 1. The van der Waals surface area contributed by atoms with Crippen LogP contribution in [0.2, 0.25) is 0 Å². The third kappa shape index (κ3) is 2.12. The van der Waals surface area contributed by atoms with Gasteiger partial charge in [0.2, 0.25) is 0 Å². The molecule has 0 aliphatic carbocycles. The Kier molecular flexibility index (Phi) is 2.63. The van der Waals surface area contributed by atoms with Crippen LogP contribution >= 0.6 is 0 Å². The molecule has 19 heavy (non-hydrogen) atoms. The maximum atomic E-state index is 11.5. The molecule has 1 aliphatic rings. The van der Waals surface area contributed by atoms with Gasteiger partial charge in [-0.3, -0.25) is 5.10 Å². The number of nitrogens with one attached hydrogen (secondary N) is 1. The highest BCUT2D eigenvalue weighted by molar-refractivity contribution is 7.91. The Hall–Kier alpha value is -1.83. The number of sulfone groups is 1. The molecule has 1 unspecified atom stereocenters. The molecule has 7 nitrogen and oxygen atoms in total. The average Bonchev–Trinajstić information content (AvgIpc) is 2.98. The van der Waals surface area contributed by atoms with Gasteiger partial charge in [0.1, 0.15) is 5.82 Å². The van der Waals surface area contributed by atoms with Crippen molar-refractivity contribution in [1.29, 1.82) is 0 Å². The first-order valence-corrected chi connectivity index (χ1v) is 7.84. The topological polar surface area (TPSA) is 107 Å². The molecule has 1 fully saturated rings. The van der Waals surface area contributed by atoms with E-state index in [-0.39, 0.29) is 17.5 Å². The molecule has 0 radical (unpaired) electrons. The molecule has 0 saturated carbocycles. The zero-order chi connectivity index (χ0) is 13.6. The van der Waals surface area contributed by atoms with Gasteiger partial charge in [0.25, 0.3) is 0 Å². The summed E-state index contributed by atoms with van der Waals surface area (Å²) < 4.78 is 24.7. The number of nitrogens with two attached hydrogens (primary N) is 1. The first-order chi connectivity index (χ1) is 8.96. The maximum Gasteiger partial charge on any atom is 0.152 e. The molecule has 2 aromatic heterocycles. The van der Waals surface area contributed by atoms with Gasteiger partial charge in [-0.05, 0) is 13.3 Å². The summed E-state index contributed by atoms with van der Waals surface area (Å²) in [6, 6.07) is 1.59. The molecule has 1 atom stereocenters. The largest absolute Gasteiger partial charge is 0.384 e. The van der Waals surface area contributed by atoms with Crippen molar-refractivity contribution in [2.75, 3.05) is 17.2 Å². The zero-order valence-electron chi connectivity index (χ0n) is 10.5. The van der Waals surface area contributed by atoms with Crippen LogP contribution in [0.15, 0.2) is 12.3 Å². The van der Waals surface area contributed by atoms with Crippen LogP contribution in [0.4, 0.5) is 5.82 Å². The second-order valence-corrected chi connectivity index (χ2v) is 7.09. The van der Waals surface area contributed by atoms with E-state index in [1.165, 1.54) is 0 Å². The summed E-state index contributed by atoms with van der Waals surface area (Å²) in [5.41, 5.74) is 8.44. The van der Waals surface area contributed by atoms with Crippen molar-refractivity contribution in [3.63, 3.8) is 0 Å². The van der Waals surface area contributed by atoms with Crippen molar-refractivity contribution in [1.82, 2.24) is 20.0 Å². The van der Waals surface area contributed by atoms with Gasteiger partial charge < -0.3 is 5.73 Å². The van der Waals surface area contributed by atoms with Gasteiger partial charge >= 0.3 is 0 Å². The van der Waals surface area contributed by atoms with Crippen molar-refractivity contribution in [2.24, 2.45) is 0 Å². The Morgan fingerprint density at radius 3 is 2.89 bits per heavy atom. The predicted molar refractivity (Wildman–Crippen MR) is 71.3 cm³/mol. The molecule has 1 aliphatic heterocycles. The second kappa shape index (κ2) is 4.09. The summed E-state index contributed by atoms with van der Waals surface area (Å²) in [5, 5.41) is 11.2. The van der Waals surface area contributed by atoms with E-state index in [9.17, 15) is 8.42 Å². The third-order valence-electron chi connectivity index (χ3n) is 3.42. The lowest BCUT2D eigenvalue weighted by atomic mass is 10.2. The quantitative estimate of drug-likeness (QED) is 0.834. The fraction of sp³-hybridized carbons (Fsp3) is 0.455. The van der Waals surface area contributed by atoms with Crippen LogP contribution < -0.4 is 5.73 Å². The zero-order valence-corrected chi connectivity index (χ0v) is 11.3. The number of aryl methyl sites for hydroxylation is 1. The van der Waals surface area contributed by atoms with Crippen LogP contribution in [0, 0.1) is 6.92 Å². The molecule has 8 heteroatoms. The van der Waals surface area contributed by atoms with E-state index in [2.05, 4.69) is 15.3 Å². The van der Waals surface area contributed by atoms with Crippen molar-refractivity contribution in [3.8, 4) is 11.3 Å². The maximum absolute atomic E-state index is 11.5. The first-order valence-electron chi connectivity index (χ1n) is 6.02. The summed E-state index contributed by atoms with van der Waals surface area (Å²) in [5.74, 6) is 0.803. The van der Waals surface area contributed by atoms with Gasteiger partial charge in [0.05, 0.1) is 29.4 Å².